The third kappa shape index (κ3) is 4.53. The van der Waals surface area contributed by atoms with Gasteiger partial charge < -0.3 is 5.73 Å². The first-order chi connectivity index (χ1) is 10.0. The Balaban J connectivity index is 2.04. The van der Waals surface area contributed by atoms with Crippen LogP contribution >= 0.6 is 0 Å². The highest BCUT2D eigenvalue weighted by molar-refractivity contribution is 7.89. The van der Waals surface area contributed by atoms with E-state index in [4.69, 9.17) is 5.73 Å². The third-order valence-electron chi connectivity index (χ3n) is 4.32. The van der Waals surface area contributed by atoms with Crippen LogP contribution in [0.25, 0.3) is 0 Å². The summed E-state index contributed by atoms with van der Waals surface area (Å²) >= 11 is 0. The van der Waals surface area contributed by atoms with Crippen LogP contribution in [0, 0.1) is 5.92 Å². The van der Waals surface area contributed by atoms with Crippen LogP contribution in [-0.2, 0) is 10.0 Å². The molecular weight excluding hydrogens is 284 g/mol. The molecule has 1 atom stereocenters. The average Bonchev–Trinajstić information content (AvgIpc) is 2.53. The molecule has 2 rings (SSSR count). The standard InChI is InChI=1S/C16H26N2O2S/c1-2-16(17)14-9-6-10-15(11-14)21(19,20)18-12-13-7-4-3-5-8-13/h6,9-11,13,16,18H,2-5,7-8,12,17H2,1H3. The lowest BCUT2D eigenvalue weighted by Gasteiger charge is -2.21. The van der Waals surface area contributed by atoms with Crippen molar-refractivity contribution in [2.75, 3.05) is 6.54 Å². The van der Waals surface area contributed by atoms with Gasteiger partial charge in [-0.25, -0.2) is 13.1 Å². The first-order valence-electron chi connectivity index (χ1n) is 7.88. The number of hydrogen-bond donors (Lipinski definition) is 2. The van der Waals surface area contributed by atoms with Gasteiger partial charge in [0.2, 0.25) is 10.0 Å². The number of benzene rings is 1. The van der Waals surface area contributed by atoms with E-state index in [0.29, 0.717) is 17.4 Å². The van der Waals surface area contributed by atoms with Crippen molar-refractivity contribution in [2.24, 2.45) is 11.7 Å². The second-order valence-electron chi connectivity index (χ2n) is 5.94. The number of nitrogens with one attached hydrogen (secondary N) is 1. The number of sulfonamides is 1. The summed E-state index contributed by atoms with van der Waals surface area (Å²) in [5.74, 6) is 0.481. The fourth-order valence-corrected chi connectivity index (χ4v) is 4.02. The minimum absolute atomic E-state index is 0.113. The molecule has 1 saturated carbocycles. The lowest BCUT2D eigenvalue weighted by molar-refractivity contribution is 0.357. The SMILES string of the molecule is CCC(N)c1cccc(S(=O)(=O)NCC2CCCCC2)c1. The van der Waals surface area contributed by atoms with E-state index in [0.717, 1.165) is 24.8 Å². The first kappa shape index (κ1) is 16.5. The van der Waals surface area contributed by atoms with Gasteiger partial charge in [-0.15, -0.1) is 0 Å². The molecule has 0 radical (unpaired) electrons. The quantitative estimate of drug-likeness (QED) is 0.848. The normalized spacial score (nSPS) is 18.6. The minimum Gasteiger partial charge on any atom is -0.324 e. The Hall–Kier alpha value is -0.910. The predicted molar refractivity (Wildman–Crippen MR) is 85.4 cm³/mol. The Morgan fingerprint density at radius 3 is 2.67 bits per heavy atom. The molecule has 0 saturated heterocycles. The number of nitrogens with two attached hydrogens (primary N) is 1. The van der Waals surface area contributed by atoms with Gasteiger partial charge in [0.25, 0.3) is 0 Å². The molecule has 0 aromatic heterocycles. The Labute approximate surface area is 128 Å². The maximum atomic E-state index is 12.4. The van der Waals surface area contributed by atoms with Crippen molar-refractivity contribution in [1.82, 2.24) is 4.72 Å². The second-order valence-corrected chi connectivity index (χ2v) is 7.71. The van der Waals surface area contributed by atoms with Gasteiger partial charge in [-0.1, -0.05) is 38.3 Å². The van der Waals surface area contributed by atoms with Crippen molar-refractivity contribution >= 4 is 10.0 Å². The molecule has 0 amide bonds. The molecule has 0 heterocycles. The summed E-state index contributed by atoms with van der Waals surface area (Å²) in [4.78, 5) is 0.319. The number of hydrogen-bond acceptors (Lipinski definition) is 3. The van der Waals surface area contributed by atoms with Crippen molar-refractivity contribution in [2.45, 2.75) is 56.4 Å². The van der Waals surface area contributed by atoms with Gasteiger partial charge in [-0.05, 0) is 42.9 Å². The minimum atomic E-state index is -3.43. The van der Waals surface area contributed by atoms with Crippen LogP contribution < -0.4 is 10.5 Å². The molecule has 4 nitrogen and oxygen atoms in total. The van der Waals surface area contributed by atoms with Gasteiger partial charge in [-0.3, -0.25) is 0 Å². The van der Waals surface area contributed by atoms with Crippen molar-refractivity contribution in [1.29, 1.82) is 0 Å². The maximum Gasteiger partial charge on any atom is 0.240 e. The Bertz CT molecular complexity index is 551. The molecule has 0 spiro atoms. The molecule has 0 bridgehead atoms. The van der Waals surface area contributed by atoms with Crippen molar-refractivity contribution in [3.05, 3.63) is 29.8 Å². The van der Waals surface area contributed by atoms with E-state index < -0.39 is 10.0 Å². The Kier molecular flexibility index (Phi) is 5.79. The average molecular weight is 310 g/mol. The second kappa shape index (κ2) is 7.38. The largest absolute Gasteiger partial charge is 0.324 e. The van der Waals surface area contributed by atoms with Crippen molar-refractivity contribution in [3.8, 4) is 0 Å². The summed E-state index contributed by atoms with van der Waals surface area (Å²) in [6.45, 7) is 2.54. The molecule has 1 fully saturated rings. The molecule has 3 N–H and O–H groups in total. The number of rotatable bonds is 6. The van der Waals surface area contributed by atoms with Crippen molar-refractivity contribution < 1.29 is 8.42 Å². The van der Waals surface area contributed by atoms with Gasteiger partial charge >= 0.3 is 0 Å². The Morgan fingerprint density at radius 1 is 1.29 bits per heavy atom. The van der Waals surface area contributed by atoms with Crippen molar-refractivity contribution in [3.63, 3.8) is 0 Å². The van der Waals surface area contributed by atoms with E-state index in [-0.39, 0.29) is 6.04 Å². The van der Waals surface area contributed by atoms with E-state index >= 15 is 0 Å². The molecule has 21 heavy (non-hydrogen) atoms. The fourth-order valence-electron chi connectivity index (χ4n) is 2.85. The highest BCUT2D eigenvalue weighted by Crippen LogP contribution is 2.24. The molecule has 118 valence electrons. The van der Waals surface area contributed by atoms with Gasteiger partial charge in [0.05, 0.1) is 4.90 Å². The molecule has 0 aliphatic heterocycles. The molecule has 1 aliphatic carbocycles. The van der Waals surface area contributed by atoms with E-state index in [1.165, 1.54) is 19.3 Å². The monoisotopic (exact) mass is 310 g/mol. The van der Waals surface area contributed by atoms with Crippen LogP contribution in [0.1, 0.15) is 57.1 Å². The van der Waals surface area contributed by atoms with Gasteiger partial charge in [0, 0.05) is 12.6 Å². The lowest BCUT2D eigenvalue weighted by Crippen LogP contribution is -2.30. The van der Waals surface area contributed by atoms with E-state index in [2.05, 4.69) is 4.72 Å². The summed E-state index contributed by atoms with van der Waals surface area (Å²) in [5, 5.41) is 0. The zero-order chi connectivity index (χ0) is 15.3. The molecule has 1 aromatic carbocycles. The van der Waals surface area contributed by atoms with Crippen LogP contribution in [0.5, 0.6) is 0 Å². The van der Waals surface area contributed by atoms with Crippen LogP contribution in [0.15, 0.2) is 29.2 Å². The van der Waals surface area contributed by atoms with E-state index in [1.807, 2.05) is 13.0 Å². The van der Waals surface area contributed by atoms with Gasteiger partial charge in [-0.2, -0.15) is 0 Å². The molecule has 1 unspecified atom stereocenters. The van der Waals surface area contributed by atoms with E-state index in [9.17, 15) is 8.42 Å². The third-order valence-corrected chi connectivity index (χ3v) is 5.74. The maximum absolute atomic E-state index is 12.4. The fraction of sp³-hybridized carbons (Fsp3) is 0.625. The summed E-state index contributed by atoms with van der Waals surface area (Å²) in [7, 11) is -3.43. The smallest absolute Gasteiger partial charge is 0.240 e. The molecule has 1 aliphatic rings. The van der Waals surface area contributed by atoms with E-state index in [1.54, 1.807) is 18.2 Å². The zero-order valence-electron chi connectivity index (χ0n) is 12.7. The summed E-state index contributed by atoms with van der Waals surface area (Å²) in [5.41, 5.74) is 6.86. The predicted octanol–water partition coefficient (Wildman–Crippen LogP) is 2.96. The Morgan fingerprint density at radius 2 is 2.00 bits per heavy atom. The highest BCUT2D eigenvalue weighted by Gasteiger charge is 2.19. The van der Waals surface area contributed by atoms with Crippen LogP contribution in [0.2, 0.25) is 0 Å². The van der Waals surface area contributed by atoms with Crippen LogP contribution in [-0.4, -0.2) is 15.0 Å². The topological polar surface area (TPSA) is 72.2 Å². The first-order valence-corrected chi connectivity index (χ1v) is 9.36. The molecular formula is C16H26N2O2S. The summed E-state index contributed by atoms with van der Waals surface area (Å²) in [6.07, 6.45) is 6.76. The summed E-state index contributed by atoms with van der Waals surface area (Å²) < 4.78 is 27.5. The van der Waals surface area contributed by atoms with Gasteiger partial charge in [0.15, 0.2) is 0 Å². The lowest BCUT2D eigenvalue weighted by atomic mass is 9.90. The molecule has 1 aromatic rings. The molecule has 5 heteroatoms. The van der Waals surface area contributed by atoms with Gasteiger partial charge in [0.1, 0.15) is 0 Å². The summed E-state index contributed by atoms with van der Waals surface area (Å²) in [6, 6.07) is 6.86. The zero-order valence-corrected chi connectivity index (χ0v) is 13.5. The van der Waals surface area contributed by atoms with Crippen LogP contribution in [0.3, 0.4) is 0 Å². The van der Waals surface area contributed by atoms with Crippen LogP contribution in [0.4, 0.5) is 0 Å². The highest BCUT2D eigenvalue weighted by atomic mass is 32.2.